The topological polar surface area (TPSA) is 87.2 Å². The fourth-order valence-corrected chi connectivity index (χ4v) is 3.22. The molecule has 9 heteroatoms. The molecule has 0 spiro atoms. The number of rotatable bonds is 6. The molecule has 1 saturated heterocycles. The van der Waals surface area contributed by atoms with E-state index in [9.17, 15) is 19.2 Å². The summed E-state index contributed by atoms with van der Waals surface area (Å²) in [7, 11) is 3.20. The molecule has 27 heavy (non-hydrogen) atoms. The lowest BCUT2D eigenvalue weighted by Gasteiger charge is -2.40. The molecule has 0 saturated carbocycles. The van der Waals surface area contributed by atoms with Gasteiger partial charge in [-0.05, 0) is 38.1 Å². The molecule has 0 aliphatic carbocycles. The van der Waals surface area contributed by atoms with Crippen LogP contribution in [0, 0.1) is 0 Å². The molecule has 0 N–H and O–H groups in total. The fourth-order valence-electron chi connectivity index (χ4n) is 3.09. The molecule has 3 amide bonds. The van der Waals surface area contributed by atoms with Crippen molar-refractivity contribution in [3.8, 4) is 0 Å². The molecule has 8 nitrogen and oxygen atoms in total. The molecule has 2 rings (SSSR count). The van der Waals surface area contributed by atoms with Crippen LogP contribution in [0.15, 0.2) is 24.3 Å². The first-order valence-electron chi connectivity index (χ1n) is 8.39. The Balaban J connectivity index is 2.34. The molecule has 0 radical (unpaired) electrons. The van der Waals surface area contributed by atoms with Crippen molar-refractivity contribution >= 4 is 35.3 Å². The zero-order valence-corrected chi connectivity index (χ0v) is 16.4. The normalized spacial score (nSPS) is 19.6. The third-order valence-corrected chi connectivity index (χ3v) is 4.50. The number of hydrogen-bond donors (Lipinski definition) is 0. The average molecular weight is 396 g/mol. The van der Waals surface area contributed by atoms with Gasteiger partial charge in [0.25, 0.3) is 11.8 Å². The van der Waals surface area contributed by atoms with E-state index < -0.39 is 35.8 Å². The van der Waals surface area contributed by atoms with E-state index in [4.69, 9.17) is 16.3 Å². The van der Waals surface area contributed by atoms with Gasteiger partial charge in [-0.25, -0.2) is 5.01 Å². The van der Waals surface area contributed by atoms with Crippen LogP contribution in [-0.4, -0.2) is 71.4 Å². The van der Waals surface area contributed by atoms with E-state index in [1.54, 1.807) is 45.3 Å². The van der Waals surface area contributed by atoms with Gasteiger partial charge in [0, 0.05) is 24.7 Å². The molecule has 1 aromatic carbocycles. The van der Waals surface area contributed by atoms with Crippen LogP contribution in [0.3, 0.4) is 0 Å². The van der Waals surface area contributed by atoms with E-state index >= 15 is 0 Å². The van der Waals surface area contributed by atoms with Crippen molar-refractivity contribution in [1.29, 1.82) is 0 Å². The first-order valence-corrected chi connectivity index (χ1v) is 8.77. The summed E-state index contributed by atoms with van der Waals surface area (Å²) >= 11 is 5.86. The number of amides is 3. The summed E-state index contributed by atoms with van der Waals surface area (Å²) in [5, 5.41) is 3.15. The van der Waals surface area contributed by atoms with Gasteiger partial charge in [-0.15, -0.1) is 0 Å². The molecule has 1 atom stereocenters. The molecule has 1 aliphatic rings. The van der Waals surface area contributed by atoms with Crippen molar-refractivity contribution in [2.45, 2.75) is 25.8 Å². The number of likely N-dealkylation sites (tertiary alicyclic amines) is 1. The maximum atomic E-state index is 13.0. The zero-order valence-electron chi connectivity index (χ0n) is 15.7. The van der Waals surface area contributed by atoms with E-state index in [1.807, 2.05) is 0 Å². The van der Waals surface area contributed by atoms with E-state index in [2.05, 4.69) is 0 Å². The third-order valence-electron chi connectivity index (χ3n) is 4.25. The summed E-state index contributed by atoms with van der Waals surface area (Å²) in [4.78, 5) is 51.0. The van der Waals surface area contributed by atoms with Gasteiger partial charge in [0.05, 0.1) is 13.0 Å². The summed E-state index contributed by atoms with van der Waals surface area (Å²) in [6.07, 6.45) is -0.233. The molecule has 0 unspecified atom stereocenters. The van der Waals surface area contributed by atoms with Crippen molar-refractivity contribution in [2.24, 2.45) is 0 Å². The highest BCUT2D eigenvalue weighted by atomic mass is 35.5. The van der Waals surface area contributed by atoms with Crippen LogP contribution in [0.4, 0.5) is 0 Å². The van der Waals surface area contributed by atoms with E-state index in [0.717, 1.165) is 4.90 Å². The minimum Gasteiger partial charge on any atom is -0.465 e. The summed E-state index contributed by atoms with van der Waals surface area (Å²) in [5.74, 6) is -2.30. The number of ether oxygens (including phenoxy) is 1. The van der Waals surface area contributed by atoms with E-state index in [0.29, 0.717) is 10.6 Å². The van der Waals surface area contributed by atoms with Crippen molar-refractivity contribution in [2.75, 3.05) is 27.2 Å². The number of carbonyl (C=O) groups is 4. The van der Waals surface area contributed by atoms with Crippen molar-refractivity contribution in [1.82, 2.24) is 14.9 Å². The van der Waals surface area contributed by atoms with Crippen LogP contribution in [0.2, 0.25) is 5.02 Å². The first kappa shape index (κ1) is 20.9. The van der Waals surface area contributed by atoms with E-state index in [-0.39, 0.29) is 13.0 Å². The number of halogens is 1. The SMILES string of the molecule is CCOC(=O)CN1C(=O)C[C@](C)(N(C(=O)c2ccc(Cl)cc2)N(C)C)C1=O. The van der Waals surface area contributed by atoms with Gasteiger partial charge in [-0.2, -0.15) is 0 Å². The summed E-state index contributed by atoms with van der Waals surface area (Å²) in [6.45, 7) is 2.81. The van der Waals surface area contributed by atoms with Crippen LogP contribution in [0.25, 0.3) is 0 Å². The minimum absolute atomic E-state index is 0.144. The number of imide groups is 1. The highest BCUT2D eigenvalue weighted by molar-refractivity contribution is 6.30. The number of esters is 1. The maximum absolute atomic E-state index is 13.0. The van der Waals surface area contributed by atoms with Gasteiger partial charge >= 0.3 is 5.97 Å². The number of benzene rings is 1. The first-order chi connectivity index (χ1) is 12.6. The summed E-state index contributed by atoms with van der Waals surface area (Å²) in [6, 6.07) is 6.23. The van der Waals surface area contributed by atoms with Crippen molar-refractivity contribution in [3.05, 3.63) is 34.9 Å². The third kappa shape index (κ3) is 4.12. The second kappa shape index (κ2) is 8.06. The minimum atomic E-state index is -1.45. The lowest BCUT2D eigenvalue weighted by Crippen LogP contribution is -2.60. The van der Waals surface area contributed by atoms with Gasteiger partial charge in [-0.1, -0.05) is 11.6 Å². The van der Waals surface area contributed by atoms with Crippen LogP contribution >= 0.6 is 11.6 Å². The summed E-state index contributed by atoms with van der Waals surface area (Å²) < 4.78 is 4.82. The monoisotopic (exact) mass is 395 g/mol. The lowest BCUT2D eigenvalue weighted by atomic mass is 9.98. The Kier molecular flexibility index (Phi) is 6.22. The number of nitrogens with zero attached hydrogens (tertiary/aromatic N) is 3. The van der Waals surface area contributed by atoms with Gasteiger partial charge < -0.3 is 4.74 Å². The average Bonchev–Trinajstić information content (AvgIpc) is 2.79. The highest BCUT2D eigenvalue weighted by Crippen LogP contribution is 2.32. The van der Waals surface area contributed by atoms with Gasteiger partial charge in [-0.3, -0.25) is 29.1 Å². The molecule has 1 aromatic rings. The quantitative estimate of drug-likeness (QED) is 0.410. The molecule has 146 valence electrons. The fraction of sp³-hybridized carbons (Fsp3) is 0.444. The Labute approximate surface area is 162 Å². The van der Waals surface area contributed by atoms with Crippen molar-refractivity contribution < 1.29 is 23.9 Å². The standard InChI is InChI=1S/C18H22ClN3O5/c1-5-27-15(24)11-21-14(23)10-18(2,17(21)26)22(20(3)4)16(25)12-6-8-13(19)9-7-12/h6-9H,5,10-11H2,1-4H3/t18-/m0/s1. The Bertz CT molecular complexity index is 765. The molecule has 0 bridgehead atoms. The van der Waals surface area contributed by atoms with Crippen LogP contribution in [0.5, 0.6) is 0 Å². The van der Waals surface area contributed by atoms with Crippen LogP contribution in [-0.2, 0) is 19.1 Å². The largest absolute Gasteiger partial charge is 0.465 e. The zero-order chi connectivity index (χ0) is 20.4. The predicted octanol–water partition coefficient (Wildman–Crippen LogP) is 1.34. The summed E-state index contributed by atoms with van der Waals surface area (Å²) in [5.41, 5.74) is -1.14. The Hall–Kier alpha value is -2.45. The predicted molar refractivity (Wildman–Crippen MR) is 97.7 cm³/mol. The van der Waals surface area contributed by atoms with E-state index in [1.165, 1.54) is 16.9 Å². The molecule has 1 heterocycles. The van der Waals surface area contributed by atoms with Gasteiger partial charge in [0.1, 0.15) is 12.1 Å². The second-order valence-corrected chi connectivity index (χ2v) is 6.95. The molecule has 1 aliphatic heterocycles. The number of hydrazine groups is 1. The Morgan fingerprint density at radius 1 is 1.22 bits per heavy atom. The molecule has 0 aromatic heterocycles. The Morgan fingerprint density at radius 2 is 1.81 bits per heavy atom. The smallest absolute Gasteiger partial charge is 0.326 e. The second-order valence-electron chi connectivity index (χ2n) is 6.51. The molecular formula is C18H22ClN3O5. The van der Waals surface area contributed by atoms with Crippen LogP contribution < -0.4 is 0 Å². The molecule has 1 fully saturated rings. The van der Waals surface area contributed by atoms with Gasteiger partial charge in [0.2, 0.25) is 5.91 Å². The van der Waals surface area contributed by atoms with Crippen molar-refractivity contribution in [3.63, 3.8) is 0 Å². The maximum Gasteiger partial charge on any atom is 0.326 e. The highest BCUT2D eigenvalue weighted by Gasteiger charge is 2.55. The Morgan fingerprint density at radius 3 is 2.33 bits per heavy atom. The number of hydrogen-bond acceptors (Lipinski definition) is 6. The van der Waals surface area contributed by atoms with Crippen LogP contribution in [0.1, 0.15) is 30.6 Å². The number of carbonyl (C=O) groups excluding carboxylic acids is 4. The van der Waals surface area contributed by atoms with Gasteiger partial charge in [0.15, 0.2) is 0 Å². The molecular weight excluding hydrogens is 374 g/mol. The lowest BCUT2D eigenvalue weighted by molar-refractivity contribution is -0.154.